The minimum absolute atomic E-state index is 0.0726. The zero-order valence-corrected chi connectivity index (χ0v) is 14.4. The third-order valence-electron chi connectivity index (χ3n) is 3.84. The lowest BCUT2D eigenvalue weighted by atomic mass is 10.2. The van der Waals surface area contributed by atoms with Gasteiger partial charge in [-0.3, -0.25) is 15.1 Å². The van der Waals surface area contributed by atoms with Crippen molar-refractivity contribution >= 4 is 17.3 Å². The summed E-state index contributed by atoms with van der Waals surface area (Å²) in [7, 11) is 1.67. The SMILES string of the molecule is CN=C(NCc1ccc([N+](=O)[O-])cc1)Nc1ccc2c(c1)OCCCO2. The van der Waals surface area contributed by atoms with Crippen LogP contribution in [0.25, 0.3) is 0 Å². The number of nitro groups is 1. The number of nitrogens with zero attached hydrogens (tertiary/aromatic N) is 2. The lowest BCUT2D eigenvalue weighted by Crippen LogP contribution is -2.30. The molecule has 1 aliphatic heterocycles. The van der Waals surface area contributed by atoms with Gasteiger partial charge in [0.2, 0.25) is 0 Å². The van der Waals surface area contributed by atoms with E-state index in [1.807, 2.05) is 18.2 Å². The second-order valence-electron chi connectivity index (χ2n) is 5.69. The van der Waals surface area contributed by atoms with Crippen LogP contribution in [-0.4, -0.2) is 31.1 Å². The molecule has 2 N–H and O–H groups in total. The number of nitro benzene ring substituents is 1. The average Bonchev–Trinajstić information content (AvgIpc) is 2.90. The van der Waals surface area contributed by atoms with E-state index in [1.165, 1.54) is 12.1 Å². The van der Waals surface area contributed by atoms with Gasteiger partial charge in [-0.05, 0) is 17.7 Å². The lowest BCUT2D eigenvalue weighted by molar-refractivity contribution is -0.384. The van der Waals surface area contributed by atoms with Crippen molar-refractivity contribution in [2.24, 2.45) is 4.99 Å². The van der Waals surface area contributed by atoms with E-state index >= 15 is 0 Å². The summed E-state index contributed by atoms with van der Waals surface area (Å²) in [6.45, 7) is 1.77. The highest BCUT2D eigenvalue weighted by Gasteiger charge is 2.11. The van der Waals surface area contributed by atoms with E-state index in [4.69, 9.17) is 9.47 Å². The maximum atomic E-state index is 10.7. The van der Waals surface area contributed by atoms with E-state index in [0.29, 0.717) is 31.5 Å². The highest BCUT2D eigenvalue weighted by atomic mass is 16.6. The third-order valence-corrected chi connectivity index (χ3v) is 3.84. The van der Waals surface area contributed by atoms with E-state index in [2.05, 4.69) is 15.6 Å². The fraction of sp³-hybridized carbons (Fsp3) is 0.278. The Kier molecular flexibility index (Phi) is 5.52. The number of nitrogens with one attached hydrogen (secondary N) is 2. The summed E-state index contributed by atoms with van der Waals surface area (Å²) in [5.41, 5.74) is 1.81. The second kappa shape index (κ2) is 8.19. The molecule has 0 amide bonds. The predicted molar refractivity (Wildman–Crippen MR) is 99.0 cm³/mol. The van der Waals surface area contributed by atoms with Crippen molar-refractivity contribution < 1.29 is 14.4 Å². The Hall–Kier alpha value is -3.29. The van der Waals surface area contributed by atoms with Gasteiger partial charge in [-0.15, -0.1) is 0 Å². The fourth-order valence-electron chi connectivity index (χ4n) is 2.48. The van der Waals surface area contributed by atoms with Crippen molar-refractivity contribution in [3.8, 4) is 11.5 Å². The number of non-ortho nitro benzene ring substituents is 1. The maximum Gasteiger partial charge on any atom is 0.269 e. The number of anilines is 1. The molecule has 0 radical (unpaired) electrons. The molecule has 0 bridgehead atoms. The molecule has 0 spiro atoms. The molecule has 0 aromatic heterocycles. The van der Waals surface area contributed by atoms with Crippen LogP contribution in [0.5, 0.6) is 11.5 Å². The number of guanidine groups is 1. The van der Waals surface area contributed by atoms with Gasteiger partial charge in [0, 0.05) is 43.9 Å². The first-order chi connectivity index (χ1) is 12.7. The van der Waals surface area contributed by atoms with E-state index in [9.17, 15) is 10.1 Å². The summed E-state index contributed by atoms with van der Waals surface area (Å²) in [6, 6.07) is 12.0. The smallest absolute Gasteiger partial charge is 0.269 e. The molecule has 1 aliphatic rings. The topological polar surface area (TPSA) is 98.0 Å². The van der Waals surface area contributed by atoms with Gasteiger partial charge in [0.1, 0.15) is 0 Å². The van der Waals surface area contributed by atoms with Gasteiger partial charge >= 0.3 is 0 Å². The van der Waals surface area contributed by atoms with Crippen molar-refractivity contribution in [2.75, 3.05) is 25.6 Å². The van der Waals surface area contributed by atoms with E-state index in [0.717, 1.165) is 23.4 Å². The zero-order valence-electron chi connectivity index (χ0n) is 14.4. The Morgan fingerprint density at radius 1 is 1.15 bits per heavy atom. The molecule has 0 aliphatic carbocycles. The van der Waals surface area contributed by atoms with Gasteiger partial charge < -0.3 is 20.1 Å². The fourth-order valence-corrected chi connectivity index (χ4v) is 2.48. The summed E-state index contributed by atoms with van der Waals surface area (Å²) >= 11 is 0. The first-order valence-corrected chi connectivity index (χ1v) is 8.26. The molecule has 0 saturated heterocycles. The van der Waals surface area contributed by atoms with Crippen LogP contribution in [0.1, 0.15) is 12.0 Å². The molecular weight excluding hydrogens is 336 g/mol. The van der Waals surface area contributed by atoms with Gasteiger partial charge in [-0.2, -0.15) is 0 Å². The Morgan fingerprint density at radius 2 is 1.88 bits per heavy atom. The number of aliphatic imine (C=N–C) groups is 1. The van der Waals surface area contributed by atoms with Crippen LogP contribution < -0.4 is 20.1 Å². The van der Waals surface area contributed by atoms with Crippen LogP contribution in [0.2, 0.25) is 0 Å². The van der Waals surface area contributed by atoms with E-state index < -0.39 is 4.92 Å². The van der Waals surface area contributed by atoms with Crippen molar-refractivity contribution in [3.63, 3.8) is 0 Å². The van der Waals surface area contributed by atoms with E-state index in [-0.39, 0.29) is 5.69 Å². The van der Waals surface area contributed by atoms with Crippen molar-refractivity contribution in [2.45, 2.75) is 13.0 Å². The molecule has 3 rings (SSSR count). The number of hydrogen-bond acceptors (Lipinski definition) is 5. The normalized spacial score (nSPS) is 13.7. The Morgan fingerprint density at radius 3 is 2.58 bits per heavy atom. The number of ether oxygens (including phenoxy) is 2. The van der Waals surface area contributed by atoms with Crippen LogP contribution in [0, 0.1) is 10.1 Å². The molecule has 0 saturated carbocycles. The van der Waals surface area contributed by atoms with Crippen molar-refractivity contribution in [3.05, 3.63) is 58.1 Å². The van der Waals surface area contributed by atoms with Crippen molar-refractivity contribution in [1.29, 1.82) is 0 Å². The van der Waals surface area contributed by atoms with Gasteiger partial charge in [-0.1, -0.05) is 12.1 Å². The van der Waals surface area contributed by atoms with Gasteiger partial charge in [0.05, 0.1) is 18.1 Å². The van der Waals surface area contributed by atoms with Crippen LogP contribution in [0.3, 0.4) is 0 Å². The monoisotopic (exact) mass is 356 g/mol. The molecule has 8 heteroatoms. The first kappa shape index (κ1) is 17.5. The standard InChI is InChI=1S/C18H20N4O4/c1-19-18(20-12-13-3-6-15(7-4-13)22(23)24)21-14-5-8-16-17(11-14)26-10-2-9-25-16/h3-8,11H,2,9-10,12H2,1H3,(H2,19,20,21). The summed E-state index contributed by atoms with van der Waals surface area (Å²) in [6.07, 6.45) is 0.857. The van der Waals surface area contributed by atoms with Gasteiger partial charge in [-0.25, -0.2) is 0 Å². The molecule has 0 fully saturated rings. The van der Waals surface area contributed by atoms with E-state index in [1.54, 1.807) is 19.2 Å². The zero-order chi connectivity index (χ0) is 18.4. The largest absolute Gasteiger partial charge is 0.490 e. The van der Waals surface area contributed by atoms with Crippen molar-refractivity contribution in [1.82, 2.24) is 5.32 Å². The third kappa shape index (κ3) is 4.41. The number of fused-ring (bicyclic) bond motifs is 1. The van der Waals surface area contributed by atoms with Gasteiger partial charge in [0.25, 0.3) is 5.69 Å². The molecule has 2 aromatic carbocycles. The Bertz CT molecular complexity index is 805. The molecule has 8 nitrogen and oxygen atoms in total. The van der Waals surface area contributed by atoms with Gasteiger partial charge in [0.15, 0.2) is 17.5 Å². The quantitative estimate of drug-likeness (QED) is 0.378. The molecule has 26 heavy (non-hydrogen) atoms. The Balaban J connectivity index is 1.61. The molecule has 1 heterocycles. The number of benzene rings is 2. The average molecular weight is 356 g/mol. The minimum Gasteiger partial charge on any atom is -0.490 e. The van der Waals surface area contributed by atoms with Crippen LogP contribution in [0.15, 0.2) is 47.5 Å². The highest BCUT2D eigenvalue weighted by Crippen LogP contribution is 2.32. The van der Waals surface area contributed by atoms with Crippen LogP contribution in [0.4, 0.5) is 11.4 Å². The number of rotatable bonds is 4. The van der Waals surface area contributed by atoms with Crippen LogP contribution in [-0.2, 0) is 6.54 Å². The summed E-state index contributed by atoms with van der Waals surface area (Å²) in [5.74, 6) is 2.03. The molecule has 0 atom stereocenters. The lowest BCUT2D eigenvalue weighted by Gasteiger charge is -2.14. The summed E-state index contributed by atoms with van der Waals surface area (Å²) < 4.78 is 11.3. The highest BCUT2D eigenvalue weighted by molar-refractivity contribution is 5.93. The summed E-state index contributed by atoms with van der Waals surface area (Å²) in [4.78, 5) is 14.5. The number of hydrogen-bond donors (Lipinski definition) is 2. The second-order valence-corrected chi connectivity index (χ2v) is 5.69. The summed E-state index contributed by atoms with van der Waals surface area (Å²) in [5, 5.41) is 17.1. The maximum absolute atomic E-state index is 10.7. The molecule has 136 valence electrons. The Labute approximate surface area is 151 Å². The van der Waals surface area contributed by atoms with Crippen LogP contribution >= 0.6 is 0 Å². The first-order valence-electron chi connectivity index (χ1n) is 8.26. The predicted octanol–water partition coefficient (Wildman–Crippen LogP) is 2.94. The minimum atomic E-state index is -0.415. The molecular formula is C18H20N4O4. The molecule has 2 aromatic rings. The molecule has 0 unspecified atom stereocenters.